The van der Waals surface area contributed by atoms with Gasteiger partial charge < -0.3 is 11.1 Å². The second-order valence-corrected chi connectivity index (χ2v) is 5.83. The predicted molar refractivity (Wildman–Crippen MR) is 70.5 cm³/mol. The zero-order valence-corrected chi connectivity index (χ0v) is 11.2. The van der Waals surface area contributed by atoms with E-state index in [0.29, 0.717) is 12.6 Å². The number of amides is 1. The van der Waals surface area contributed by atoms with Gasteiger partial charge in [0, 0.05) is 17.2 Å². The highest BCUT2D eigenvalue weighted by Gasteiger charge is 2.23. The molecule has 16 heavy (non-hydrogen) atoms. The van der Waals surface area contributed by atoms with E-state index in [4.69, 9.17) is 5.73 Å². The summed E-state index contributed by atoms with van der Waals surface area (Å²) in [5, 5.41) is 3.94. The van der Waals surface area contributed by atoms with E-state index in [9.17, 15) is 4.79 Å². The van der Waals surface area contributed by atoms with Crippen LogP contribution >= 0.6 is 11.8 Å². The molecule has 1 rings (SSSR count). The monoisotopic (exact) mass is 244 g/mol. The summed E-state index contributed by atoms with van der Waals surface area (Å²) in [6.45, 7) is 2.55. The highest BCUT2D eigenvalue weighted by Crippen LogP contribution is 2.26. The van der Waals surface area contributed by atoms with Gasteiger partial charge in [-0.05, 0) is 44.9 Å². The molecule has 1 aliphatic carbocycles. The molecule has 0 heterocycles. The molecular formula is C12H24N2OS. The number of thioether (sulfide) groups is 1. The average molecular weight is 244 g/mol. The minimum Gasteiger partial charge on any atom is -0.353 e. The third kappa shape index (κ3) is 4.34. The summed E-state index contributed by atoms with van der Waals surface area (Å²) in [7, 11) is 0. The summed E-state index contributed by atoms with van der Waals surface area (Å²) in [5.74, 6) is 0.237. The van der Waals surface area contributed by atoms with Gasteiger partial charge in [0.1, 0.15) is 0 Å². The van der Waals surface area contributed by atoms with Crippen molar-refractivity contribution in [2.75, 3.05) is 12.8 Å². The Hall–Kier alpha value is -0.220. The molecule has 0 bridgehead atoms. The fourth-order valence-corrected chi connectivity index (χ4v) is 2.91. The lowest BCUT2D eigenvalue weighted by molar-refractivity contribution is -0.125. The Morgan fingerprint density at radius 1 is 1.44 bits per heavy atom. The van der Waals surface area contributed by atoms with Crippen molar-refractivity contribution >= 4 is 17.7 Å². The highest BCUT2D eigenvalue weighted by molar-refractivity contribution is 7.99. The summed E-state index contributed by atoms with van der Waals surface area (Å²) >= 11 is 1.95. The van der Waals surface area contributed by atoms with Gasteiger partial charge in [-0.2, -0.15) is 11.8 Å². The number of nitrogens with one attached hydrogen (secondary N) is 1. The van der Waals surface area contributed by atoms with Gasteiger partial charge in [0.2, 0.25) is 5.91 Å². The second-order valence-electron chi connectivity index (χ2n) is 4.70. The SMILES string of the molecule is CSC1CCC(NC(=O)C(C)CCN)CC1. The Labute approximate surface area is 103 Å². The molecule has 1 aliphatic rings. The van der Waals surface area contributed by atoms with Crippen molar-refractivity contribution in [2.24, 2.45) is 11.7 Å². The lowest BCUT2D eigenvalue weighted by Gasteiger charge is -2.28. The minimum atomic E-state index is 0.0586. The van der Waals surface area contributed by atoms with Gasteiger partial charge >= 0.3 is 0 Å². The van der Waals surface area contributed by atoms with Crippen molar-refractivity contribution in [2.45, 2.75) is 50.3 Å². The molecule has 0 aromatic heterocycles. The number of nitrogens with two attached hydrogens (primary N) is 1. The first-order valence-corrected chi connectivity index (χ1v) is 7.49. The first-order chi connectivity index (χ1) is 7.67. The molecule has 1 saturated carbocycles. The topological polar surface area (TPSA) is 55.1 Å². The van der Waals surface area contributed by atoms with Crippen LogP contribution in [-0.2, 0) is 4.79 Å². The summed E-state index contributed by atoms with van der Waals surface area (Å²) in [6, 6.07) is 0.399. The largest absolute Gasteiger partial charge is 0.353 e. The Morgan fingerprint density at radius 3 is 2.56 bits per heavy atom. The standard InChI is InChI=1S/C12H24N2OS/c1-9(7-8-13)12(15)14-10-3-5-11(16-2)6-4-10/h9-11H,3-8,13H2,1-2H3,(H,14,15). The van der Waals surface area contributed by atoms with E-state index in [-0.39, 0.29) is 11.8 Å². The fraction of sp³-hybridized carbons (Fsp3) is 0.917. The summed E-state index contributed by atoms with van der Waals surface area (Å²) < 4.78 is 0. The maximum atomic E-state index is 11.8. The van der Waals surface area contributed by atoms with E-state index in [1.807, 2.05) is 18.7 Å². The van der Waals surface area contributed by atoms with Crippen LogP contribution in [0, 0.1) is 5.92 Å². The molecule has 0 aromatic rings. The van der Waals surface area contributed by atoms with Crippen molar-refractivity contribution in [1.82, 2.24) is 5.32 Å². The molecule has 0 aliphatic heterocycles. The van der Waals surface area contributed by atoms with Crippen molar-refractivity contribution in [3.63, 3.8) is 0 Å². The van der Waals surface area contributed by atoms with E-state index in [0.717, 1.165) is 24.5 Å². The summed E-state index contributed by atoms with van der Waals surface area (Å²) in [4.78, 5) is 11.8. The van der Waals surface area contributed by atoms with Crippen molar-refractivity contribution < 1.29 is 4.79 Å². The zero-order valence-electron chi connectivity index (χ0n) is 10.4. The maximum absolute atomic E-state index is 11.8. The van der Waals surface area contributed by atoms with Crippen LogP contribution in [0.1, 0.15) is 39.0 Å². The normalized spacial score (nSPS) is 27.4. The summed E-state index contributed by atoms with van der Waals surface area (Å²) in [5.41, 5.74) is 5.45. The highest BCUT2D eigenvalue weighted by atomic mass is 32.2. The zero-order chi connectivity index (χ0) is 12.0. The maximum Gasteiger partial charge on any atom is 0.223 e. The van der Waals surface area contributed by atoms with Crippen LogP contribution in [0.4, 0.5) is 0 Å². The second kappa shape index (κ2) is 7.17. The van der Waals surface area contributed by atoms with Crippen LogP contribution in [0.2, 0.25) is 0 Å². The quantitative estimate of drug-likeness (QED) is 0.775. The number of hydrogen-bond acceptors (Lipinski definition) is 3. The van der Waals surface area contributed by atoms with Gasteiger partial charge in [0.15, 0.2) is 0 Å². The Bertz CT molecular complexity index is 215. The molecule has 3 nitrogen and oxygen atoms in total. The predicted octanol–water partition coefficient (Wildman–Crippen LogP) is 1.76. The van der Waals surface area contributed by atoms with Crippen molar-refractivity contribution in [3.05, 3.63) is 0 Å². The van der Waals surface area contributed by atoms with E-state index in [1.54, 1.807) is 0 Å². The molecule has 1 amide bonds. The van der Waals surface area contributed by atoms with Gasteiger partial charge in [0.05, 0.1) is 0 Å². The smallest absolute Gasteiger partial charge is 0.223 e. The van der Waals surface area contributed by atoms with Crippen LogP contribution in [0.15, 0.2) is 0 Å². The lowest BCUT2D eigenvalue weighted by Crippen LogP contribution is -2.41. The number of carbonyl (C=O) groups is 1. The molecule has 1 atom stereocenters. The fourth-order valence-electron chi connectivity index (χ4n) is 2.17. The van der Waals surface area contributed by atoms with Gasteiger partial charge in [0.25, 0.3) is 0 Å². The molecule has 0 radical (unpaired) electrons. The number of carbonyl (C=O) groups excluding carboxylic acids is 1. The molecular weight excluding hydrogens is 220 g/mol. The molecule has 0 spiro atoms. The third-order valence-electron chi connectivity index (χ3n) is 3.40. The molecule has 1 fully saturated rings. The first-order valence-electron chi connectivity index (χ1n) is 6.20. The Kier molecular flexibility index (Phi) is 6.21. The van der Waals surface area contributed by atoms with Crippen LogP contribution in [0.3, 0.4) is 0 Å². The van der Waals surface area contributed by atoms with Gasteiger partial charge in [-0.15, -0.1) is 0 Å². The summed E-state index contributed by atoms with van der Waals surface area (Å²) in [6.07, 6.45) is 7.69. The third-order valence-corrected chi connectivity index (χ3v) is 4.54. The van der Waals surface area contributed by atoms with Crippen LogP contribution < -0.4 is 11.1 Å². The van der Waals surface area contributed by atoms with Crippen LogP contribution in [-0.4, -0.2) is 30.0 Å². The number of hydrogen-bond donors (Lipinski definition) is 2. The van der Waals surface area contributed by atoms with Crippen LogP contribution in [0.25, 0.3) is 0 Å². The molecule has 0 saturated heterocycles. The van der Waals surface area contributed by atoms with Gasteiger partial charge in [-0.1, -0.05) is 6.92 Å². The van der Waals surface area contributed by atoms with Crippen molar-refractivity contribution in [1.29, 1.82) is 0 Å². The van der Waals surface area contributed by atoms with E-state index in [1.165, 1.54) is 12.8 Å². The molecule has 94 valence electrons. The molecule has 1 unspecified atom stereocenters. The van der Waals surface area contributed by atoms with Gasteiger partial charge in [-0.3, -0.25) is 4.79 Å². The van der Waals surface area contributed by atoms with Crippen LogP contribution in [0.5, 0.6) is 0 Å². The van der Waals surface area contributed by atoms with Gasteiger partial charge in [-0.25, -0.2) is 0 Å². The Balaban J connectivity index is 2.25. The molecule has 3 N–H and O–H groups in total. The lowest BCUT2D eigenvalue weighted by atomic mass is 9.94. The first kappa shape index (κ1) is 13.8. The van der Waals surface area contributed by atoms with E-state index in [2.05, 4.69) is 11.6 Å². The van der Waals surface area contributed by atoms with Crippen molar-refractivity contribution in [3.8, 4) is 0 Å². The molecule has 0 aromatic carbocycles. The number of rotatable bonds is 5. The average Bonchev–Trinajstić information content (AvgIpc) is 2.30. The minimum absolute atomic E-state index is 0.0586. The van der Waals surface area contributed by atoms with E-state index < -0.39 is 0 Å². The molecule has 4 heteroatoms. The van der Waals surface area contributed by atoms with E-state index >= 15 is 0 Å². The Morgan fingerprint density at radius 2 is 2.06 bits per heavy atom.